The normalized spacial score (nSPS) is 23.4. The number of hydrogen-bond donors (Lipinski definition) is 1. The van der Waals surface area contributed by atoms with Crippen molar-refractivity contribution in [3.63, 3.8) is 0 Å². The fourth-order valence-electron chi connectivity index (χ4n) is 3.06. The number of hydrogen-bond acceptors (Lipinski definition) is 3. The lowest BCUT2D eigenvalue weighted by molar-refractivity contribution is 0.170. The molecule has 2 atom stereocenters. The summed E-state index contributed by atoms with van der Waals surface area (Å²) in [5.74, 6) is 1.43. The maximum atomic E-state index is 13.9. The van der Waals surface area contributed by atoms with E-state index in [4.69, 9.17) is 9.47 Å². The van der Waals surface area contributed by atoms with Gasteiger partial charge in [-0.05, 0) is 56.0 Å². The van der Waals surface area contributed by atoms with Gasteiger partial charge in [-0.3, -0.25) is 0 Å². The van der Waals surface area contributed by atoms with E-state index in [9.17, 15) is 4.39 Å². The van der Waals surface area contributed by atoms with Crippen molar-refractivity contribution in [3.8, 4) is 11.5 Å². The van der Waals surface area contributed by atoms with Crippen LogP contribution in [0.4, 0.5) is 4.39 Å². The van der Waals surface area contributed by atoms with E-state index in [1.165, 1.54) is 12.8 Å². The molecule has 4 heteroatoms. The van der Waals surface area contributed by atoms with E-state index in [2.05, 4.69) is 5.32 Å². The summed E-state index contributed by atoms with van der Waals surface area (Å²) >= 11 is 0. The van der Waals surface area contributed by atoms with Gasteiger partial charge in [0.1, 0.15) is 19.4 Å². The van der Waals surface area contributed by atoms with E-state index in [1.807, 2.05) is 12.1 Å². The number of nitrogens with one attached hydrogen (secondary N) is 1. The van der Waals surface area contributed by atoms with Crippen LogP contribution in [-0.4, -0.2) is 25.8 Å². The fraction of sp³-hybridized carbons (Fsp3) is 0.625. The van der Waals surface area contributed by atoms with Gasteiger partial charge in [-0.25, -0.2) is 4.39 Å². The molecule has 3 rings (SSSR count). The molecule has 2 unspecified atom stereocenters. The number of ether oxygens (including phenoxy) is 2. The van der Waals surface area contributed by atoms with Crippen LogP contribution in [0.15, 0.2) is 12.1 Å². The molecule has 2 aliphatic heterocycles. The van der Waals surface area contributed by atoms with E-state index in [0.29, 0.717) is 25.0 Å². The zero-order chi connectivity index (χ0) is 13.9. The zero-order valence-corrected chi connectivity index (χ0v) is 12.0. The molecule has 110 valence electrons. The highest BCUT2D eigenvalue weighted by Crippen LogP contribution is 2.37. The van der Waals surface area contributed by atoms with Crippen molar-refractivity contribution in [3.05, 3.63) is 23.3 Å². The Labute approximate surface area is 119 Å². The third-order valence-corrected chi connectivity index (χ3v) is 4.11. The summed E-state index contributed by atoms with van der Waals surface area (Å²) in [6.45, 7) is 3.76. The summed E-state index contributed by atoms with van der Waals surface area (Å²) < 4.78 is 25.1. The molecule has 0 aromatic heterocycles. The molecule has 0 spiro atoms. The predicted octanol–water partition coefficient (Wildman–Crippen LogP) is 3.17. The average Bonchev–Trinajstić information content (AvgIpc) is 2.47. The Morgan fingerprint density at radius 3 is 2.65 bits per heavy atom. The standard InChI is InChI=1S/C16H22FNO2/c1-11(17)14-10-16-15(19-6-7-20-16)9-12(14)8-13-4-2-3-5-18-13/h9-11,13,18H,2-8H2,1H3. The monoisotopic (exact) mass is 279 g/mol. The minimum Gasteiger partial charge on any atom is -0.486 e. The average molecular weight is 279 g/mol. The molecule has 1 fully saturated rings. The molecule has 1 N–H and O–H groups in total. The second-order valence-corrected chi connectivity index (χ2v) is 5.66. The summed E-state index contributed by atoms with van der Waals surface area (Å²) in [4.78, 5) is 0. The highest BCUT2D eigenvalue weighted by Gasteiger charge is 2.21. The molecule has 0 bridgehead atoms. The van der Waals surface area contributed by atoms with Crippen LogP contribution in [0.25, 0.3) is 0 Å². The van der Waals surface area contributed by atoms with Crippen molar-refractivity contribution in [2.45, 2.75) is 44.8 Å². The maximum Gasteiger partial charge on any atom is 0.161 e. The van der Waals surface area contributed by atoms with Gasteiger partial charge in [0.05, 0.1) is 0 Å². The third kappa shape index (κ3) is 2.90. The van der Waals surface area contributed by atoms with Crippen LogP contribution in [0.3, 0.4) is 0 Å². The van der Waals surface area contributed by atoms with Gasteiger partial charge in [0.2, 0.25) is 0 Å². The largest absolute Gasteiger partial charge is 0.486 e. The van der Waals surface area contributed by atoms with E-state index >= 15 is 0 Å². The number of benzene rings is 1. The summed E-state index contributed by atoms with van der Waals surface area (Å²) in [6, 6.07) is 4.23. The van der Waals surface area contributed by atoms with Gasteiger partial charge < -0.3 is 14.8 Å². The smallest absolute Gasteiger partial charge is 0.161 e. The fourth-order valence-corrected chi connectivity index (χ4v) is 3.06. The summed E-state index contributed by atoms with van der Waals surface area (Å²) in [5.41, 5.74) is 1.78. The molecule has 20 heavy (non-hydrogen) atoms. The van der Waals surface area contributed by atoms with Crippen LogP contribution in [0.5, 0.6) is 11.5 Å². The Bertz CT molecular complexity index is 470. The van der Waals surface area contributed by atoms with Gasteiger partial charge in [-0.2, -0.15) is 0 Å². The third-order valence-electron chi connectivity index (χ3n) is 4.11. The molecule has 1 aromatic carbocycles. The molecule has 2 aliphatic rings. The Balaban J connectivity index is 1.86. The first-order chi connectivity index (χ1) is 9.74. The second-order valence-electron chi connectivity index (χ2n) is 5.66. The maximum absolute atomic E-state index is 13.9. The molecule has 1 aromatic rings. The minimum absolute atomic E-state index is 0.448. The van der Waals surface area contributed by atoms with Crippen LogP contribution in [-0.2, 0) is 6.42 Å². The SMILES string of the molecule is CC(F)c1cc2c(cc1CC1CCCCN1)OCCO2. The zero-order valence-electron chi connectivity index (χ0n) is 12.0. The molecule has 3 nitrogen and oxygen atoms in total. The van der Waals surface area contributed by atoms with Gasteiger partial charge >= 0.3 is 0 Å². The first kappa shape index (κ1) is 13.7. The van der Waals surface area contributed by atoms with E-state index < -0.39 is 6.17 Å². The topological polar surface area (TPSA) is 30.5 Å². The second kappa shape index (κ2) is 6.00. The number of alkyl halides is 1. The van der Waals surface area contributed by atoms with Gasteiger partial charge in [0, 0.05) is 6.04 Å². The number of piperidine rings is 1. The summed E-state index contributed by atoms with van der Waals surface area (Å²) in [7, 11) is 0. The molecule has 2 heterocycles. The van der Waals surface area contributed by atoms with Crippen molar-refractivity contribution in [1.82, 2.24) is 5.32 Å². The van der Waals surface area contributed by atoms with Crippen LogP contribution in [0.2, 0.25) is 0 Å². The van der Waals surface area contributed by atoms with Crippen molar-refractivity contribution in [2.24, 2.45) is 0 Å². The lowest BCUT2D eigenvalue weighted by atomic mass is 9.93. The molecule has 1 saturated heterocycles. The van der Waals surface area contributed by atoms with Crippen molar-refractivity contribution >= 4 is 0 Å². The van der Waals surface area contributed by atoms with Crippen molar-refractivity contribution < 1.29 is 13.9 Å². The molecular weight excluding hydrogens is 257 g/mol. The van der Waals surface area contributed by atoms with Crippen molar-refractivity contribution in [2.75, 3.05) is 19.8 Å². The summed E-state index contributed by atoms with van der Waals surface area (Å²) in [5, 5.41) is 3.52. The van der Waals surface area contributed by atoms with Crippen LogP contribution >= 0.6 is 0 Å². The van der Waals surface area contributed by atoms with Crippen LogP contribution in [0.1, 0.15) is 43.5 Å². The number of fused-ring (bicyclic) bond motifs is 1. The van der Waals surface area contributed by atoms with Gasteiger partial charge in [-0.15, -0.1) is 0 Å². The van der Waals surface area contributed by atoms with Crippen LogP contribution < -0.4 is 14.8 Å². The molecule has 0 saturated carbocycles. The lowest BCUT2D eigenvalue weighted by Gasteiger charge is -2.26. The van der Waals surface area contributed by atoms with Gasteiger partial charge in [0.15, 0.2) is 11.5 Å². The van der Waals surface area contributed by atoms with E-state index in [1.54, 1.807) is 6.92 Å². The van der Waals surface area contributed by atoms with Crippen molar-refractivity contribution in [1.29, 1.82) is 0 Å². The van der Waals surface area contributed by atoms with E-state index in [-0.39, 0.29) is 0 Å². The lowest BCUT2D eigenvalue weighted by Crippen LogP contribution is -2.35. The Morgan fingerprint density at radius 1 is 1.25 bits per heavy atom. The number of rotatable bonds is 3. The highest BCUT2D eigenvalue weighted by molar-refractivity contribution is 5.49. The van der Waals surface area contributed by atoms with Gasteiger partial charge in [-0.1, -0.05) is 6.42 Å². The Hall–Kier alpha value is -1.29. The predicted molar refractivity (Wildman–Crippen MR) is 76.3 cm³/mol. The molecular formula is C16H22FNO2. The Morgan fingerprint density at radius 2 is 2.00 bits per heavy atom. The number of halogens is 1. The van der Waals surface area contributed by atoms with Crippen LogP contribution in [0, 0.1) is 0 Å². The highest BCUT2D eigenvalue weighted by atomic mass is 19.1. The molecule has 0 aliphatic carbocycles. The summed E-state index contributed by atoms with van der Waals surface area (Å²) in [6.07, 6.45) is 3.53. The minimum atomic E-state index is -0.982. The Kier molecular flexibility index (Phi) is 4.10. The van der Waals surface area contributed by atoms with E-state index in [0.717, 1.165) is 36.3 Å². The first-order valence-corrected chi connectivity index (χ1v) is 7.54. The quantitative estimate of drug-likeness (QED) is 0.922. The van der Waals surface area contributed by atoms with Gasteiger partial charge in [0.25, 0.3) is 0 Å². The molecule has 0 radical (unpaired) electrons. The molecule has 0 amide bonds. The first-order valence-electron chi connectivity index (χ1n) is 7.54.